The van der Waals surface area contributed by atoms with Crippen LogP contribution >= 0.6 is 0 Å². The molecule has 0 aliphatic carbocycles. The Hall–Kier alpha value is -4.84. The minimum Gasteiger partial charge on any atom is -0.294 e. The van der Waals surface area contributed by atoms with E-state index in [1.807, 2.05) is 60.7 Å². The molecular formula is C30H22O6. The summed E-state index contributed by atoms with van der Waals surface area (Å²) >= 11 is 0. The number of carbonyl (C=O) groups excluding carboxylic acids is 4. The van der Waals surface area contributed by atoms with Crippen molar-refractivity contribution in [2.24, 2.45) is 0 Å². The van der Waals surface area contributed by atoms with Crippen molar-refractivity contribution in [2.45, 2.75) is 12.8 Å². The highest BCUT2D eigenvalue weighted by Crippen LogP contribution is 2.14. The zero-order valence-electron chi connectivity index (χ0n) is 19.3. The standard InChI is InChI=1S/C30H22O6/c31-27(17-21-9-3-1-4-10-21)23-13-7-15-25(19-23)29(33)35-36-30(34)26-16-8-14-24(20-26)28(32)18-22-11-5-2-6-12-22/h1-16,19-20H,17-18H2. The fourth-order valence-corrected chi connectivity index (χ4v) is 3.58. The van der Waals surface area contributed by atoms with Crippen LogP contribution in [0.15, 0.2) is 109 Å². The third kappa shape index (κ3) is 6.39. The number of hydrogen-bond donors (Lipinski definition) is 0. The molecule has 4 aromatic rings. The first-order valence-corrected chi connectivity index (χ1v) is 11.3. The summed E-state index contributed by atoms with van der Waals surface area (Å²) in [5.74, 6) is -2.17. The van der Waals surface area contributed by atoms with Gasteiger partial charge in [0.05, 0.1) is 11.1 Å². The molecule has 0 saturated carbocycles. The quantitative estimate of drug-likeness (QED) is 0.190. The van der Waals surface area contributed by atoms with Crippen LogP contribution in [0.5, 0.6) is 0 Å². The predicted octanol–water partition coefficient (Wildman–Crippen LogP) is 5.47. The summed E-state index contributed by atoms with van der Waals surface area (Å²) in [4.78, 5) is 59.4. The van der Waals surface area contributed by atoms with E-state index in [-0.39, 0.29) is 35.5 Å². The number of ketones is 2. The molecule has 4 aromatic carbocycles. The molecule has 0 aromatic heterocycles. The highest BCUT2D eigenvalue weighted by Gasteiger charge is 2.17. The van der Waals surface area contributed by atoms with Crippen LogP contribution in [-0.4, -0.2) is 23.5 Å². The second kappa shape index (κ2) is 11.5. The largest absolute Gasteiger partial charge is 0.386 e. The fraction of sp³-hybridized carbons (Fsp3) is 0.0667. The van der Waals surface area contributed by atoms with Gasteiger partial charge < -0.3 is 0 Å². The van der Waals surface area contributed by atoms with Crippen molar-refractivity contribution in [2.75, 3.05) is 0 Å². The molecule has 0 aliphatic rings. The summed E-state index contributed by atoms with van der Waals surface area (Å²) in [5.41, 5.74) is 2.51. The minimum atomic E-state index is -0.922. The van der Waals surface area contributed by atoms with Gasteiger partial charge >= 0.3 is 11.9 Å². The van der Waals surface area contributed by atoms with Crippen LogP contribution < -0.4 is 0 Å². The van der Waals surface area contributed by atoms with Crippen LogP contribution in [0.3, 0.4) is 0 Å². The predicted molar refractivity (Wildman–Crippen MR) is 133 cm³/mol. The zero-order valence-corrected chi connectivity index (χ0v) is 19.3. The van der Waals surface area contributed by atoms with E-state index in [0.717, 1.165) is 11.1 Å². The first-order valence-electron chi connectivity index (χ1n) is 11.3. The molecule has 178 valence electrons. The molecular weight excluding hydrogens is 456 g/mol. The van der Waals surface area contributed by atoms with Crippen molar-refractivity contribution in [3.05, 3.63) is 143 Å². The summed E-state index contributed by atoms with van der Waals surface area (Å²) < 4.78 is 0. The Bertz CT molecular complexity index is 1280. The van der Waals surface area contributed by atoms with Crippen LogP contribution in [0.4, 0.5) is 0 Å². The Morgan fingerprint density at radius 3 is 1.19 bits per heavy atom. The lowest BCUT2D eigenvalue weighted by atomic mass is 10.0. The summed E-state index contributed by atoms with van der Waals surface area (Å²) in [5, 5.41) is 0. The monoisotopic (exact) mass is 478 g/mol. The lowest BCUT2D eigenvalue weighted by Crippen LogP contribution is -2.13. The topological polar surface area (TPSA) is 86.7 Å². The molecule has 36 heavy (non-hydrogen) atoms. The maximum absolute atomic E-state index is 12.6. The SMILES string of the molecule is O=C(Cc1ccccc1)c1cccc(C(=O)OOC(=O)c2cccc(C(=O)Cc3ccccc3)c2)c1. The van der Waals surface area contributed by atoms with E-state index in [1.165, 1.54) is 24.3 Å². The van der Waals surface area contributed by atoms with Crippen molar-refractivity contribution in [3.8, 4) is 0 Å². The molecule has 6 nitrogen and oxygen atoms in total. The molecule has 0 N–H and O–H groups in total. The Morgan fingerprint density at radius 2 is 0.806 bits per heavy atom. The van der Waals surface area contributed by atoms with Gasteiger partial charge in [0.2, 0.25) is 0 Å². The molecule has 4 rings (SSSR count). The average Bonchev–Trinajstić information content (AvgIpc) is 2.92. The van der Waals surface area contributed by atoms with Crippen LogP contribution in [0, 0.1) is 0 Å². The van der Waals surface area contributed by atoms with Crippen molar-refractivity contribution in [1.29, 1.82) is 0 Å². The van der Waals surface area contributed by atoms with Gasteiger partial charge in [-0.25, -0.2) is 19.4 Å². The second-order valence-corrected chi connectivity index (χ2v) is 8.07. The summed E-state index contributed by atoms with van der Waals surface area (Å²) in [7, 11) is 0. The van der Waals surface area contributed by atoms with E-state index in [0.29, 0.717) is 11.1 Å². The Balaban J connectivity index is 1.36. The average molecular weight is 479 g/mol. The number of rotatable bonds is 8. The molecule has 0 amide bonds. The molecule has 0 heterocycles. The number of hydrogen-bond acceptors (Lipinski definition) is 6. The van der Waals surface area contributed by atoms with Crippen molar-refractivity contribution >= 4 is 23.5 Å². The molecule has 0 atom stereocenters. The van der Waals surface area contributed by atoms with Crippen molar-refractivity contribution < 1.29 is 29.0 Å². The Labute approximate surface area is 208 Å². The van der Waals surface area contributed by atoms with Gasteiger partial charge in [0.25, 0.3) is 0 Å². The normalized spacial score (nSPS) is 10.3. The maximum Gasteiger partial charge on any atom is 0.386 e. The van der Waals surface area contributed by atoms with Crippen molar-refractivity contribution in [1.82, 2.24) is 0 Å². The number of benzene rings is 4. The van der Waals surface area contributed by atoms with Gasteiger partial charge in [-0.05, 0) is 35.4 Å². The molecule has 0 spiro atoms. The van der Waals surface area contributed by atoms with Crippen LogP contribution in [-0.2, 0) is 22.6 Å². The van der Waals surface area contributed by atoms with E-state index in [2.05, 4.69) is 0 Å². The van der Waals surface area contributed by atoms with Gasteiger partial charge in [-0.1, -0.05) is 84.9 Å². The van der Waals surface area contributed by atoms with Gasteiger partial charge in [0.15, 0.2) is 11.6 Å². The summed E-state index contributed by atoms with van der Waals surface area (Å²) in [6.07, 6.45) is 0.376. The van der Waals surface area contributed by atoms with Crippen LogP contribution in [0.2, 0.25) is 0 Å². The van der Waals surface area contributed by atoms with Crippen LogP contribution in [0.25, 0.3) is 0 Å². The first kappa shape index (κ1) is 24.3. The molecule has 0 saturated heterocycles. The second-order valence-electron chi connectivity index (χ2n) is 8.07. The molecule has 0 fully saturated rings. The van der Waals surface area contributed by atoms with Crippen molar-refractivity contribution in [3.63, 3.8) is 0 Å². The number of carbonyl (C=O) groups is 4. The molecule has 0 unspecified atom stereocenters. The molecule has 0 bridgehead atoms. The highest BCUT2D eigenvalue weighted by atomic mass is 17.2. The van der Waals surface area contributed by atoms with E-state index in [4.69, 9.17) is 9.78 Å². The van der Waals surface area contributed by atoms with E-state index >= 15 is 0 Å². The van der Waals surface area contributed by atoms with Gasteiger partial charge in [-0.2, -0.15) is 0 Å². The van der Waals surface area contributed by atoms with E-state index in [1.54, 1.807) is 24.3 Å². The zero-order chi connectivity index (χ0) is 25.3. The minimum absolute atomic E-state index is 0.0634. The molecule has 0 aliphatic heterocycles. The Morgan fingerprint density at radius 1 is 0.444 bits per heavy atom. The lowest BCUT2D eigenvalue weighted by Gasteiger charge is -2.07. The van der Waals surface area contributed by atoms with Gasteiger partial charge in [0.1, 0.15) is 0 Å². The van der Waals surface area contributed by atoms with E-state index < -0.39 is 11.9 Å². The summed E-state index contributed by atoms with van der Waals surface area (Å²) in [6.45, 7) is 0. The maximum atomic E-state index is 12.6. The lowest BCUT2D eigenvalue weighted by molar-refractivity contribution is -0.187. The number of Topliss-reactive ketones (excluding diaryl/α,β-unsaturated/α-hetero) is 2. The Kier molecular flexibility index (Phi) is 7.78. The van der Waals surface area contributed by atoms with Crippen LogP contribution in [0.1, 0.15) is 52.6 Å². The van der Waals surface area contributed by atoms with Gasteiger partial charge in [-0.15, -0.1) is 0 Å². The third-order valence-electron chi connectivity index (χ3n) is 5.45. The fourth-order valence-electron chi connectivity index (χ4n) is 3.58. The molecule has 6 heteroatoms. The smallest absolute Gasteiger partial charge is 0.294 e. The van der Waals surface area contributed by atoms with Gasteiger partial charge in [-0.3, -0.25) is 9.59 Å². The summed E-state index contributed by atoms with van der Waals surface area (Å²) in [6, 6.07) is 30.5. The first-order chi connectivity index (χ1) is 17.5. The molecule has 0 radical (unpaired) electrons. The third-order valence-corrected chi connectivity index (χ3v) is 5.45. The van der Waals surface area contributed by atoms with E-state index in [9.17, 15) is 19.2 Å². The highest BCUT2D eigenvalue weighted by molar-refractivity contribution is 6.01. The van der Waals surface area contributed by atoms with Gasteiger partial charge in [0, 0.05) is 24.0 Å².